The molecule has 0 bridgehead atoms. The van der Waals surface area contributed by atoms with Crippen LogP contribution >= 0.6 is 0 Å². The first-order chi connectivity index (χ1) is 9.69. The van der Waals surface area contributed by atoms with Gasteiger partial charge in [0.15, 0.2) is 0 Å². The normalized spacial score (nSPS) is 9.90. The minimum atomic E-state index is -0.0677. The Kier molecular flexibility index (Phi) is 4.60. The van der Waals surface area contributed by atoms with Crippen LogP contribution in [0.4, 0.5) is 11.4 Å². The predicted octanol–water partition coefficient (Wildman–Crippen LogP) is 3.27. The molecule has 2 aromatic carbocycles. The van der Waals surface area contributed by atoms with Gasteiger partial charge in [-0.1, -0.05) is 18.2 Å². The lowest BCUT2D eigenvalue weighted by molar-refractivity contribution is -0.114. The summed E-state index contributed by atoms with van der Waals surface area (Å²) in [5.74, 6) is 0.760. The molecule has 4 nitrogen and oxygen atoms in total. The SMILES string of the molecule is COc1ccc(NCc2ccccc2NC(C)=O)cc1. The predicted molar refractivity (Wildman–Crippen MR) is 81.1 cm³/mol. The van der Waals surface area contributed by atoms with Gasteiger partial charge in [0.25, 0.3) is 0 Å². The van der Waals surface area contributed by atoms with Gasteiger partial charge in [-0.15, -0.1) is 0 Å². The molecule has 0 atom stereocenters. The molecule has 0 aliphatic rings. The number of para-hydroxylation sites is 1. The summed E-state index contributed by atoms with van der Waals surface area (Å²) >= 11 is 0. The smallest absolute Gasteiger partial charge is 0.221 e. The van der Waals surface area contributed by atoms with E-state index >= 15 is 0 Å². The van der Waals surface area contributed by atoms with Crippen molar-refractivity contribution in [2.75, 3.05) is 17.7 Å². The highest BCUT2D eigenvalue weighted by Crippen LogP contribution is 2.19. The van der Waals surface area contributed by atoms with E-state index in [4.69, 9.17) is 4.74 Å². The number of hydrogen-bond acceptors (Lipinski definition) is 3. The van der Waals surface area contributed by atoms with Crippen LogP contribution in [0.2, 0.25) is 0 Å². The molecule has 4 heteroatoms. The number of benzene rings is 2. The van der Waals surface area contributed by atoms with E-state index in [0.717, 1.165) is 22.7 Å². The van der Waals surface area contributed by atoms with Gasteiger partial charge in [0, 0.05) is 24.8 Å². The number of amides is 1. The maximum atomic E-state index is 11.2. The van der Waals surface area contributed by atoms with E-state index < -0.39 is 0 Å². The zero-order valence-electron chi connectivity index (χ0n) is 11.6. The van der Waals surface area contributed by atoms with E-state index in [1.165, 1.54) is 6.92 Å². The Hall–Kier alpha value is -2.49. The average molecular weight is 270 g/mol. The Labute approximate surface area is 118 Å². The molecule has 0 heterocycles. The minimum Gasteiger partial charge on any atom is -0.497 e. The first-order valence-corrected chi connectivity index (χ1v) is 6.42. The number of hydrogen-bond donors (Lipinski definition) is 2. The van der Waals surface area contributed by atoms with E-state index in [2.05, 4.69) is 10.6 Å². The summed E-state index contributed by atoms with van der Waals surface area (Å²) in [7, 11) is 1.64. The van der Waals surface area contributed by atoms with Crippen molar-refractivity contribution in [3.63, 3.8) is 0 Å². The maximum absolute atomic E-state index is 11.2. The van der Waals surface area contributed by atoms with Crippen LogP contribution in [0.25, 0.3) is 0 Å². The first-order valence-electron chi connectivity index (χ1n) is 6.42. The highest BCUT2D eigenvalue weighted by Gasteiger charge is 2.03. The summed E-state index contributed by atoms with van der Waals surface area (Å²) in [5, 5.41) is 6.15. The van der Waals surface area contributed by atoms with Gasteiger partial charge in [-0.2, -0.15) is 0 Å². The van der Waals surface area contributed by atoms with Gasteiger partial charge in [-0.3, -0.25) is 4.79 Å². The van der Waals surface area contributed by atoms with Crippen molar-refractivity contribution in [2.45, 2.75) is 13.5 Å². The molecular formula is C16H18N2O2. The van der Waals surface area contributed by atoms with E-state index in [-0.39, 0.29) is 5.91 Å². The Balaban J connectivity index is 2.04. The molecule has 0 aromatic heterocycles. The van der Waals surface area contributed by atoms with E-state index in [1.54, 1.807) is 7.11 Å². The topological polar surface area (TPSA) is 50.4 Å². The fraction of sp³-hybridized carbons (Fsp3) is 0.188. The second-order valence-electron chi connectivity index (χ2n) is 4.42. The van der Waals surface area contributed by atoms with E-state index in [0.29, 0.717) is 6.54 Å². The van der Waals surface area contributed by atoms with Gasteiger partial charge < -0.3 is 15.4 Å². The Morgan fingerprint density at radius 3 is 2.45 bits per heavy atom. The van der Waals surface area contributed by atoms with Crippen LogP contribution in [0.15, 0.2) is 48.5 Å². The fourth-order valence-corrected chi connectivity index (χ4v) is 1.89. The van der Waals surface area contributed by atoms with Crippen molar-refractivity contribution in [1.29, 1.82) is 0 Å². The largest absolute Gasteiger partial charge is 0.497 e. The van der Waals surface area contributed by atoms with Gasteiger partial charge in [0.2, 0.25) is 5.91 Å². The van der Waals surface area contributed by atoms with Gasteiger partial charge in [-0.05, 0) is 35.9 Å². The Bertz CT molecular complexity index is 579. The molecule has 0 saturated heterocycles. The van der Waals surface area contributed by atoms with Crippen molar-refractivity contribution in [2.24, 2.45) is 0 Å². The lowest BCUT2D eigenvalue weighted by atomic mass is 10.1. The average Bonchev–Trinajstić information content (AvgIpc) is 2.46. The molecule has 20 heavy (non-hydrogen) atoms. The maximum Gasteiger partial charge on any atom is 0.221 e. The number of carbonyl (C=O) groups excluding carboxylic acids is 1. The highest BCUT2D eigenvalue weighted by molar-refractivity contribution is 5.89. The molecular weight excluding hydrogens is 252 g/mol. The molecule has 0 aliphatic heterocycles. The molecule has 2 N–H and O–H groups in total. The zero-order chi connectivity index (χ0) is 14.4. The third kappa shape index (κ3) is 3.75. The molecule has 0 fully saturated rings. The van der Waals surface area contributed by atoms with Crippen LogP contribution in [-0.4, -0.2) is 13.0 Å². The summed E-state index contributed by atoms with van der Waals surface area (Å²) in [6, 6.07) is 15.5. The zero-order valence-corrected chi connectivity index (χ0v) is 11.6. The molecule has 0 saturated carbocycles. The van der Waals surface area contributed by atoms with E-state index in [1.807, 2.05) is 48.5 Å². The first kappa shape index (κ1) is 13.9. The molecule has 1 amide bonds. The van der Waals surface area contributed by atoms with Crippen molar-refractivity contribution in [3.8, 4) is 5.75 Å². The number of ether oxygens (including phenoxy) is 1. The van der Waals surface area contributed by atoms with Crippen molar-refractivity contribution < 1.29 is 9.53 Å². The lowest BCUT2D eigenvalue weighted by Gasteiger charge is -2.12. The van der Waals surface area contributed by atoms with Crippen molar-refractivity contribution >= 4 is 17.3 Å². The Morgan fingerprint density at radius 1 is 1.10 bits per heavy atom. The van der Waals surface area contributed by atoms with Gasteiger partial charge >= 0.3 is 0 Å². The molecule has 0 spiro atoms. The summed E-state index contributed by atoms with van der Waals surface area (Å²) in [5.41, 5.74) is 2.88. The fourth-order valence-electron chi connectivity index (χ4n) is 1.89. The molecule has 104 valence electrons. The molecule has 2 rings (SSSR count). The lowest BCUT2D eigenvalue weighted by Crippen LogP contribution is -2.10. The van der Waals surface area contributed by atoms with Crippen LogP contribution in [0, 0.1) is 0 Å². The summed E-state index contributed by atoms with van der Waals surface area (Å²) in [6.45, 7) is 2.15. The number of rotatable bonds is 5. The van der Waals surface area contributed by atoms with Gasteiger partial charge in [0.05, 0.1) is 7.11 Å². The second kappa shape index (κ2) is 6.61. The monoisotopic (exact) mass is 270 g/mol. The standard InChI is InChI=1S/C16H18N2O2/c1-12(19)18-16-6-4-3-5-13(16)11-17-14-7-9-15(20-2)10-8-14/h3-10,17H,11H2,1-2H3,(H,18,19). The van der Waals surface area contributed by atoms with Crippen LogP contribution in [0.3, 0.4) is 0 Å². The number of anilines is 2. The van der Waals surface area contributed by atoms with Gasteiger partial charge in [0.1, 0.15) is 5.75 Å². The van der Waals surface area contributed by atoms with E-state index in [9.17, 15) is 4.79 Å². The third-order valence-corrected chi connectivity index (χ3v) is 2.90. The van der Waals surface area contributed by atoms with Gasteiger partial charge in [-0.25, -0.2) is 0 Å². The number of carbonyl (C=O) groups is 1. The van der Waals surface area contributed by atoms with Crippen LogP contribution < -0.4 is 15.4 Å². The van der Waals surface area contributed by atoms with Crippen molar-refractivity contribution in [1.82, 2.24) is 0 Å². The van der Waals surface area contributed by atoms with Crippen molar-refractivity contribution in [3.05, 3.63) is 54.1 Å². The number of nitrogens with one attached hydrogen (secondary N) is 2. The summed E-state index contributed by atoms with van der Waals surface area (Å²) < 4.78 is 5.12. The summed E-state index contributed by atoms with van der Waals surface area (Å²) in [4.78, 5) is 11.2. The minimum absolute atomic E-state index is 0.0677. The molecule has 0 aliphatic carbocycles. The molecule has 0 radical (unpaired) electrons. The number of methoxy groups -OCH3 is 1. The molecule has 0 unspecified atom stereocenters. The second-order valence-corrected chi connectivity index (χ2v) is 4.42. The van der Waals surface area contributed by atoms with Crippen LogP contribution in [0.1, 0.15) is 12.5 Å². The summed E-state index contributed by atoms with van der Waals surface area (Å²) in [6.07, 6.45) is 0. The van der Waals surface area contributed by atoms with Crippen LogP contribution in [-0.2, 0) is 11.3 Å². The highest BCUT2D eigenvalue weighted by atomic mass is 16.5. The van der Waals surface area contributed by atoms with Crippen LogP contribution in [0.5, 0.6) is 5.75 Å². The Morgan fingerprint density at radius 2 is 1.80 bits per heavy atom. The molecule has 2 aromatic rings. The third-order valence-electron chi connectivity index (χ3n) is 2.90. The quantitative estimate of drug-likeness (QED) is 0.876.